The van der Waals surface area contributed by atoms with E-state index in [0.29, 0.717) is 23.0 Å². The molecule has 4 nitrogen and oxygen atoms in total. The first-order chi connectivity index (χ1) is 9.40. The first kappa shape index (κ1) is 15.0. The molecular formula is C12H11BrF3N3O. The molecule has 0 saturated heterocycles. The van der Waals surface area contributed by atoms with Gasteiger partial charge in [0, 0.05) is 11.1 Å². The van der Waals surface area contributed by atoms with Crippen LogP contribution in [-0.2, 0) is 12.6 Å². The molecule has 1 aromatic heterocycles. The van der Waals surface area contributed by atoms with Gasteiger partial charge in [0.2, 0.25) is 0 Å². The Bertz CT molecular complexity index is 598. The monoisotopic (exact) mass is 349 g/mol. The molecule has 0 amide bonds. The molecule has 108 valence electrons. The van der Waals surface area contributed by atoms with Crippen LogP contribution in [0.2, 0.25) is 0 Å². The summed E-state index contributed by atoms with van der Waals surface area (Å²) in [6, 6.07) is 3.54. The van der Waals surface area contributed by atoms with E-state index in [9.17, 15) is 13.2 Å². The Balaban J connectivity index is 2.32. The molecule has 2 aromatic rings. The zero-order valence-electron chi connectivity index (χ0n) is 10.2. The van der Waals surface area contributed by atoms with E-state index in [-0.39, 0.29) is 12.3 Å². The second kappa shape index (κ2) is 5.92. The molecule has 0 bridgehead atoms. The molecule has 20 heavy (non-hydrogen) atoms. The number of rotatable bonds is 4. The Labute approximate surface area is 121 Å². The van der Waals surface area contributed by atoms with Gasteiger partial charge in [-0.1, -0.05) is 21.1 Å². The standard InChI is InChI=1S/C12H11BrF3N3O/c13-9-4-8(12(14,15)16)5-11(6-9)19-7-10(17-18-19)2-1-3-20/h4-7,20H,1-3H2. The van der Waals surface area contributed by atoms with Crippen molar-refractivity contribution in [1.82, 2.24) is 15.0 Å². The molecule has 0 aliphatic heterocycles. The maximum Gasteiger partial charge on any atom is 0.416 e. The van der Waals surface area contributed by atoms with E-state index in [1.807, 2.05) is 0 Å². The highest BCUT2D eigenvalue weighted by atomic mass is 79.9. The summed E-state index contributed by atoms with van der Waals surface area (Å²) in [5.41, 5.74) is 0.135. The van der Waals surface area contributed by atoms with Crippen LogP contribution in [-0.4, -0.2) is 26.7 Å². The van der Waals surface area contributed by atoms with E-state index in [2.05, 4.69) is 26.2 Å². The number of halogens is 4. The summed E-state index contributed by atoms with van der Waals surface area (Å²) in [5.74, 6) is 0. The summed E-state index contributed by atoms with van der Waals surface area (Å²) < 4.78 is 39.8. The van der Waals surface area contributed by atoms with Crippen molar-refractivity contribution in [2.24, 2.45) is 0 Å². The molecule has 0 saturated carbocycles. The van der Waals surface area contributed by atoms with Crippen LogP contribution in [0.3, 0.4) is 0 Å². The molecule has 2 rings (SSSR count). The Morgan fingerprint density at radius 3 is 2.65 bits per heavy atom. The van der Waals surface area contributed by atoms with E-state index in [1.165, 1.54) is 10.7 Å². The van der Waals surface area contributed by atoms with Gasteiger partial charge in [0.1, 0.15) is 0 Å². The van der Waals surface area contributed by atoms with Crippen LogP contribution in [0.4, 0.5) is 13.2 Å². The number of aliphatic hydroxyl groups is 1. The predicted octanol–water partition coefficient (Wildman–Crippen LogP) is 2.97. The minimum absolute atomic E-state index is 0.0297. The summed E-state index contributed by atoms with van der Waals surface area (Å²) in [4.78, 5) is 0. The zero-order chi connectivity index (χ0) is 14.8. The third-order valence-corrected chi connectivity index (χ3v) is 3.06. The first-order valence-electron chi connectivity index (χ1n) is 5.80. The summed E-state index contributed by atoms with van der Waals surface area (Å²) in [7, 11) is 0. The van der Waals surface area contributed by atoms with Crippen LogP contribution in [0.5, 0.6) is 0 Å². The van der Waals surface area contributed by atoms with Crippen LogP contribution in [0.25, 0.3) is 5.69 Å². The summed E-state index contributed by atoms with van der Waals surface area (Å²) in [5, 5.41) is 16.4. The number of aliphatic hydroxyl groups excluding tert-OH is 1. The average Bonchev–Trinajstić information content (AvgIpc) is 2.83. The highest BCUT2D eigenvalue weighted by molar-refractivity contribution is 9.10. The fourth-order valence-electron chi connectivity index (χ4n) is 1.67. The molecule has 1 heterocycles. The SMILES string of the molecule is OCCCc1cn(-c2cc(Br)cc(C(F)(F)F)c2)nn1. The van der Waals surface area contributed by atoms with Crippen molar-refractivity contribution in [1.29, 1.82) is 0 Å². The number of aromatic nitrogens is 3. The second-order valence-corrected chi connectivity index (χ2v) is 5.09. The van der Waals surface area contributed by atoms with Crippen LogP contribution in [0.1, 0.15) is 17.7 Å². The molecule has 0 fully saturated rings. The molecule has 0 spiro atoms. The zero-order valence-corrected chi connectivity index (χ0v) is 11.8. The van der Waals surface area contributed by atoms with E-state index < -0.39 is 11.7 Å². The van der Waals surface area contributed by atoms with Crippen LogP contribution >= 0.6 is 15.9 Å². The van der Waals surface area contributed by atoms with Crippen molar-refractivity contribution in [3.8, 4) is 5.69 Å². The maximum atomic E-state index is 12.7. The average molecular weight is 350 g/mol. The lowest BCUT2D eigenvalue weighted by molar-refractivity contribution is -0.137. The Hall–Kier alpha value is -1.41. The van der Waals surface area contributed by atoms with Gasteiger partial charge in [-0.05, 0) is 31.0 Å². The van der Waals surface area contributed by atoms with Gasteiger partial charge in [0.05, 0.1) is 23.1 Å². The molecule has 0 aliphatic rings. The van der Waals surface area contributed by atoms with Gasteiger partial charge in [-0.15, -0.1) is 5.10 Å². The van der Waals surface area contributed by atoms with Crippen molar-refractivity contribution in [2.45, 2.75) is 19.0 Å². The lowest BCUT2D eigenvalue weighted by atomic mass is 10.2. The van der Waals surface area contributed by atoms with Gasteiger partial charge < -0.3 is 5.11 Å². The summed E-state index contributed by atoms with van der Waals surface area (Å²) in [6.45, 7) is 0.0297. The normalized spacial score (nSPS) is 11.8. The quantitative estimate of drug-likeness (QED) is 0.923. The molecule has 0 unspecified atom stereocenters. The molecule has 0 radical (unpaired) electrons. The first-order valence-corrected chi connectivity index (χ1v) is 6.59. The third kappa shape index (κ3) is 3.57. The lowest BCUT2D eigenvalue weighted by Crippen LogP contribution is -2.06. The van der Waals surface area contributed by atoms with Crippen LogP contribution < -0.4 is 0 Å². The molecule has 0 aliphatic carbocycles. The number of hydrogen-bond donors (Lipinski definition) is 1. The van der Waals surface area contributed by atoms with Crippen molar-refractivity contribution in [3.63, 3.8) is 0 Å². The number of hydrogen-bond acceptors (Lipinski definition) is 3. The lowest BCUT2D eigenvalue weighted by Gasteiger charge is -2.09. The number of benzene rings is 1. The van der Waals surface area contributed by atoms with Crippen molar-refractivity contribution >= 4 is 15.9 Å². The number of nitrogens with zero attached hydrogens (tertiary/aromatic N) is 3. The minimum Gasteiger partial charge on any atom is -0.396 e. The fourth-order valence-corrected chi connectivity index (χ4v) is 2.15. The number of alkyl halides is 3. The Kier molecular flexibility index (Phi) is 4.44. The maximum absolute atomic E-state index is 12.7. The molecular weight excluding hydrogens is 339 g/mol. The predicted molar refractivity (Wildman–Crippen MR) is 69.5 cm³/mol. The Morgan fingerprint density at radius 2 is 2.00 bits per heavy atom. The van der Waals surface area contributed by atoms with Gasteiger partial charge in [0.25, 0.3) is 0 Å². The molecule has 1 N–H and O–H groups in total. The fraction of sp³-hybridized carbons (Fsp3) is 0.333. The summed E-state index contributed by atoms with van der Waals surface area (Å²) >= 11 is 3.06. The van der Waals surface area contributed by atoms with Crippen LogP contribution in [0.15, 0.2) is 28.9 Å². The van der Waals surface area contributed by atoms with Crippen molar-refractivity contribution in [3.05, 3.63) is 40.1 Å². The molecule has 1 aromatic carbocycles. The molecule has 8 heteroatoms. The second-order valence-electron chi connectivity index (χ2n) is 4.18. The van der Waals surface area contributed by atoms with Gasteiger partial charge in [0.15, 0.2) is 0 Å². The van der Waals surface area contributed by atoms with Crippen molar-refractivity contribution in [2.75, 3.05) is 6.61 Å². The largest absolute Gasteiger partial charge is 0.416 e. The van der Waals surface area contributed by atoms with Gasteiger partial charge in [-0.3, -0.25) is 0 Å². The number of aryl methyl sites for hydroxylation is 1. The van der Waals surface area contributed by atoms with Crippen molar-refractivity contribution < 1.29 is 18.3 Å². The topological polar surface area (TPSA) is 50.9 Å². The van der Waals surface area contributed by atoms with Gasteiger partial charge in [-0.25, -0.2) is 4.68 Å². The smallest absolute Gasteiger partial charge is 0.396 e. The van der Waals surface area contributed by atoms with E-state index in [4.69, 9.17) is 5.11 Å². The highest BCUT2D eigenvalue weighted by Gasteiger charge is 2.31. The van der Waals surface area contributed by atoms with E-state index in [1.54, 1.807) is 6.20 Å². The van der Waals surface area contributed by atoms with Gasteiger partial charge in [-0.2, -0.15) is 13.2 Å². The summed E-state index contributed by atoms with van der Waals surface area (Å²) in [6.07, 6.45) is -1.81. The minimum atomic E-state index is -4.42. The third-order valence-electron chi connectivity index (χ3n) is 2.61. The van der Waals surface area contributed by atoms with Gasteiger partial charge >= 0.3 is 6.18 Å². The van der Waals surface area contributed by atoms with E-state index >= 15 is 0 Å². The molecule has 0 atom stereocenters. The highest BCUT2D eigenvalue weighted by Crippen LogP contribution is 2.32. The van der Waals surface area contributed by atoms with Crippen LogP contribution in [0, 0.1) is 0 Å². The Morgan fingerprint density at radius 1 is 1.25 bits per heavy atom. The van der Waals surface area contributed by atoms with E-state index in [0.717, 1.165) is 12.1 Å².